The molecule has 1 aliphatic heterocycles. The SMILES string of the molecule is CC(C)c1nc(N(C)C2CNC2)cc(=O)[nH]1. The first kappa shape index (κ1) is 11.1. The number of likely N-dealkylation sites (N-methyl/N-ethyl adjacent to an activating group) is 1. The molecule has 1 saturated heterocycles. The van der Waals surface area contributed by atoms with E-state index in [-0.39, 0.29) is 11.5 Å². The van der Waals surface area contributed by atoms with Crippen LogP contribution in [0.5, 0.6) is 0 Å². The molecule has 2 N–H and O–H groups in total. The fourth-order valence-corrected chi connectivity index (χ4v) is 1.65. The van der Waals surface area contributed by atoms with Gasteiger partial charge in [0.2, 0.25) is 0 Å². The molecule has 1 aromatic heterocycles. The Morgan fingerprint density at radius 3 is 2.69 bits per heavy atom. The number of aromatic amines is 1. The highest BCUT2D eigenvalue weighted by atomic mass is 16.1. The molecule has 1 aromatic rings. The maximum Gasteiger partial charge on any atom is 0.252 e. The number of hydrogen-bond donors (Lipinski definition) is 2. The van der Waals surface area contributed by atoms with E-state index in [0.29, 0.717) is 6.04 Å². The summed E-state index contributed by atoms with van der Waals surface area (Å²) < 4.78 is 0. The number of anilines is 1. The van der Waals surface area contributed by atoms with Crippen molar-refractivity contribution >= 4 is 5.82 Å². The first-order valence-electron chi connectivity index (χ1n) is 5.62. The van der Waals surface area contributed by atoms with Crippen LogP contribution < -0.4 is 15.8 Å². The number of nitrogens with zero attached hydrogens (tertiary/aromatic N) is 2. The van der Waals surface area contributed by atoms with Gasteiger partial charge in [0.05, 0.1) is 6.04 Å². The van der Waals surface area contributed by atoms with Gasteiger partial charge < -0.3 is 15.2 Å². The van der Waals surface area contributed by atoms with Gasteiger partial charge in [-0.3, -0.25) is 4.79 Å². The summed E-state index contributed by atoms with van der Waals surface area (Å²) in [5.74, 6) is 1.75. The van der Waals surface area contributed by atoms with Crippen LogP contribution in [-0.2, 0) is 0 Å². The van der Waals surface area contributed by atoms with E-state index in [0.717, 1.165) is 24.7 Å². The lowest BCUT2D eigenvalue weighted by Gasteiger charge is -2.36. The van der Waals surface area contributed by atoms with Crippen LogP contribution in [0.15, 0.2) is 10.9 Å². The first-order chi connectivity index (χ1) is 7.58. The summed E-state index contributed by atoms with van der Waals surface area (Å²) >= 11 is 0. The van der Waals surface area contributed by atoms with Gasteiger partial charge in [0.15, 0.2) is 0 Å². The van der Waals surface area contributed by atoms with Crippen LogP contribution in [0, 0.1) is 0 Å². The van der Waals surface area contributed by atoms with E-state index in [9.17, 15) is 4.79 Å². The Labute approximate surface area is 94.9 Å². The monoisotopic (exact) mass is 222 g/mol. The van der Waals surface area contributed by atoms with Gasteiger partial charge in [0.1, 0.15) is 11.6 Å². The lowest BCUT2D eigenvalue weighted by Crippen LogP contribution is -2.56. The van der Waals surface area contributed by atoms with Crippen LogP contribution in [0.2, 0.25) is 0 Å². The quantitative estimate of drug-likeness (QED) is 0.772. The van der Waals surface area contributed by atoms with Crippen molar-refractivity contribution in [1.29, 1.82) is 0 Å². The van der Waals surface area contributed by atoms with E-state index in [1.54, 1.807) is 6.07 Å². The molecule has 1 aliphatic rings. The van der Waals surface area contributed by atoms with Crippen molar-refractivity contribution in [3.8, 4) is 0 Å². The Balaban J connectivity index is 2.29. The van der Waals surface area contributed by atoms with Gasteiger partial charge in [-0.15, -0.1) is 0 Å². The average molecular weight is 222 g/mol. The predicted octanol–water partition coefficient (Wildman–Crippen LogP) is 0.301. The van der Waals surface area contributed by atoms with E-state index in [4.69, 9.17) is 0 Å². The Morgan fingerprint density at radius 2 is 2.19 bits per heavy atom. The standard InChI is InChI=1S/C11H18N4O/c1-7(2)11-13-9(4-10(16)14-11)15(3)8-5-12-6-8/h4,7-8,12H,5-6H2,1-3H3,(H,13,14,16). The molecule has 88 valence electrons. The van der Waals surface area contributed by atoms with Gasteiger partial charge in [-0.25, -0.2) is 4.98 Å². The van der Waals surface area contributed by atoms with Crippen LogP contribution in [0.3, 0.4) is 0 Å². The van der Waals surface area contributed by atoms with Crippen molar-refractivity contribution in [2.45, 2.75) is 25.8 Å². The van der Waals surface area contributed by atoms with E-state index in [1.165, 1.54) is 0 Å². The van der Waals surface area contributed by atoms with Gasteiger partial charge >= 0.3 is 0 Å². The fourth-order valence-electron chi connectivity index (χ4n) is 1.65. The Kier molecular flexibility index (Phi) is 2.96. The number of nitrogens with one attached hydrogen (secondary N) is 2. The van der Waals surface area contributed by atoms with Crippen LogP contribution in [0.1, 0.15) is 25.6 Å². The molecule has 2 rings (SSSR count). The van der Waals surface area contributed by atoms with E-state index >= 15 is 0 Å². The molecule has 1 fully saturated rings. The Hall–Kier alpha value is -1.36. The third kappa shape index (κ3) is 2.09. The lowest BCUT2D eigenvalue weighted by atomic mass is 10.1. The molecular formula is C11H18N4O. The van der Waals surface area contributed by atoms with Crippen LogP contribution in [0.4, 0.5) is 5.82 Å². The maximum atomic E-state index is 11.5. The van der Waals surface area contributed by atoms with Crippen molar-refractivity contribution in [2.24, 2.45) is 0 Å². The van der Waals surface area contributed by atoms with E-state index in [1.807, 2.05) is 20.9 Å². The summed E-state index contributed by atoms with van der Waals surface area (Å²) in [5.41, 5.74) is -0.0761. The smallest absolute Gasteiger partial charge is 0.252 e. The topological polar surface area (TPSA) is 61.0 Å². The largest absolute Gasteiger partial charge is 0.354 e. The van der Waals surface area contributed by atoms with Gasteiger partial charge in [0.25, 0.3) is 5.56 Å². The predicted molar refractivity (Wildman–Crippen MR) is 64.0 cm³/mol. The zero-order chi connectivity index (χ0) is 11.7. The van der Waals surface area contributed by atoms with E-state index in [2.05, 4.69) is 20.2 Å². The van der Waals surface area contributed by atoms with Crippen LogP contribution >= 0.6 is 0 Å². The van der Waals surface area contributed by atoms with Gasteiger partial charge in [-0.2, -0.15) is 0 Å². The van der Waals surface area contributed by atoms with Crippen molar-refractivity contribution < 1.29 is 0 Å². The number of hydrogen-bond acceptors (Lipinski definition) is 4. The summed E-state index contributed by atoms with van der Waals surface area (Å²) in [6, 6.07) is 2.01. The molecule has 16 heavy (non-hydrogen) atoms. The summed E-state index contributed by atoms with van der Waals surface area (Å²) in [4.78, 5) is 20.8. The molecule has 0 unspecified atom stereocenters. The molecule has 0 bridgehead atoms. The highest BCUT2D eigenvalue weighted by Gasteiger charge is 2.23. The minimum Gasteiger partial charge on any atom is -0.354 e. The molecule has 5 heteroatoms. The lowest BCUT2D eigenvalue weighted by molar-refractivity contribution is 0.426. The number of H-pyrrole nitrogens is 1. The second kappa shape index (κ2) is 4.25. The van der Waals surface area contributed by atoms with Crippen molar-refractivity contribution in [3.63, 3.8) is 0 Å². The van der Waals surface area contributed by atoms with Gasteiger partial charge in [0, 0.05) is 32.1 Å². The molecule has 0 aliphatic carbocycles. The van der Waals surface area contributed by atoms with Crippen molar-refractivity contribution in [3.05, 3.63) is 22.2 Å². The zero-order valence-electron chi connectivity index (χ0n) is 9.95. The normalized spacial score (nSPS) is 16.2. The van der Waals surface area contributed by atoms with Crippen LogP contribution in [0.25, 0.3) is 0 Å². The third-order valence-corrected chi connectivity index (χ3v) is 2.96. The molecule has 0 amide bonds. The molecule has 0 radical (unpaired) electrons. The summed E-state index contributed by atoms with van der Waals surface area (Å²) in [6.45, 7) is 5.96. The maximum absolute atomic E-state index is 11.5. The number of rotatable bonds is 3. The minimum atomic E-state index is -0.0761. The van der Waals surface area contributed by atoms with Gasteiger partial charge in [-0.1, -0.05) is 13.8 Å². The Bertz CT molecular complexity index is 422. The summed E-state index contributed by atoms with van der Waals surface area (Å²) in [5, 5.41) is 3.21. The molecule has 0 atom stereocenters. The molecule has 0 saturated carbocycles. The highest BCUT2D eigenvalue weighted by Crippen LogP contribution is 2.15. The second-order valence-electron chi connectivity index (χ2n) is 4.57. The molecular weight excluding hydrogens is 204 g/mol. The van der Waals surface area contributed by atoms with Crippen LogP contribution in [-0.4, -0.2) is 36.1 Å². The highest BCUT2D eigenvalue weighted by molar-refractivity contribution is 5.39. The molecule has 2 heterocycles. The first-order valence-corrected chi connectivity index (χ1v) is 5.62. The summed E-state index contributed by atoms with van der Waals surface area (Å²) in [6.07, 6.45) is 0. The average Bonchev–Trinajstić information content (AvgIpc) is 2.13. The fraction of sp³-hybridized carbons (Fsp3) is 0.636. The number of aromatic nitrogens is 2. The van der Waals surface area contributed by atoms with Gasteiger partial charge in [-0.05, 0) is 0 Å². The molecule has 5 nitrogen and oxygen atoms in total. The second-order valence-corrected chi connectivity index (χ2v) is 4.57. The molecule has 0 spiro atoms. The zero-order valence-corrected chi connectivity index (χ0v) is 9.95. The summed E-state index contributed by atoms with van der Waals surface area (Å²) in [7, 11) is 1.98. The van der Waals surface area contributed by atoms with Crippen molar-refractivity contribution in [2.75, 3.05) is 25.0 Å². The van der Waals surface area contributed by atoms with E-state index < -0.39 is 0 Å². The third-order valence-electron chi connectivity index (χ3n) is 2.96. The Morgan fingerprint density at radius 1 is 1.50 bits per heavy atom. The van der Waals surface area contributed by atoms with Crippen molar-refractivity contribution in [1.82, 2.24) is 15.3 Å². The molecule has 0 aromatic carbocycles. The minimum absolute atomic E-state index is 0.0761.